The van der Waals surface area contributed by atoms with Crippen LogP contribution in [-0.4, -0.2) is 62.9 Å². The summed E-state index contributed by atoms with van der Waals surface area (Å²) in [5.74, 6) is 0. The van der Waals surface area contributed by atoms with Gasteiger partial charge in [0.25, 0.3) is 0 Å². The molecule has 2 aliphatic rings. The monoisotopic (exact) mass is 269 g/mol. The Hall–Kier alpha value is -0.160. The molecule has 4 nitrogen and oxygen atoms in total. The predicted octanol–water partition coefficient (Wildman–Crippen LogP) is 1.07. The lowest BCUT2D eigenvalue weighted by molar-refractivity contribution is -0.114. The number of nitrogens with one attached hydrogen (secondary N) is 2. The van der Waals surface area contributed by atoms with E-state index in [9.17, 15) is 0 Å². The molecule has 2 atom stereocenters. The fraction of sp³-hybridized carbons (Fsp3) is 1.00. The van der Waals surface area contributed by atoms with E-state index < -0.39 is 0 Å². The summed E-state index contributed by atoms with van der Waals surface area (Å²) in [6.45, 7) is 14.6. The number of ether oxygens (including phenoxy) is 1. The van der Waals surface area contributed by atoms with Gasteiger partial charge >= 0.3 is 0 Å². The number of nitrogens with zero attached hydrogens (tertiary/aromatic N) is 1. The predicted molar refractivity (Wildman–Crippen MR) is 79.5 cm³/mol. The van der Waals surface area contributed by atoms with Gasteiger partial charge in [0.1, 0.15) is 0 Å². The molecule has 4 heteroatoms. The second kappa shape index (κ2) is 7.02. The van der Waals surface area contributed by atoms with Gasteiger partial charge in [-0.25, -0.2) is 0 Å². The van der Waals surface area contributed by atoms with Crippen LogP contribution in [-0.2, 0) is 4.74 Å². The van der Waals surface area contributed by atoms with Crippen molar-refractivity contribution in [3.8, 4) is 0 Å². The van der Waals surface area contributed by atoms with Gasteiger partial charge in [0.05, 0.1) is 6.10 Å². The van der Waals surface area contributed by atoms with Crippen LogP contribution in [0, 0.1) is 5.41 Å². The fourth-order valence-electron chi connectivity index (χ4n) is 3.24. The van der Waals surface area contributed by atoms with Crippen LogP contribution in [0.15, 0.2) is 0 Å². The van der Waals surface area contributed by atoms with E-state index in [1.807, 2.05) is 0 Å². The highest BCUT2D eigenvalue weighted by Gasteiger charge is 2.48. The molecule has 1 heterocycles. The van der Waals surface area contributed by atoms with E-state index >= 15 is 0 Å². The minimum absolute atomic E-state index is 0.288. The average Bonchev–Trinajstić information content (AvgIpc) is 2.65. The minimum Gasteiger partial charge on any atom is -0.378 e. The van der Waals surface area contributed by atoms with E-state index in [4.69, 9.17) is 4.74 Å². The van der Waals surface area contributed by atoms with E-state index in [2.05, 4.69) is 36.3 Å². The SMILES string of the molecule is CCOC1CC(NCCN2CCCNCC2)C1(C)C. The Kier molecular flexibility index (Phi) is 5.63. The first-order valence-corrected chi connectivity index (χ1v) is 7.92. The molecule has 1 saturated carbocycles. The van der Waals surface area contributed by atoms with Gasteiger partial charge in [0.15, 0.2) is 0 Å². The molecule has 2 rings (SSSR count). The number of hydrogen-bond acceptors (Lipinski definition) is 4. The van der Waals surface area contributed by atoms with Gasteiger partial charge in [0.2, 0.25) is 0 Å². The van der Waals surface area contributed by atoms with Crippen molar-refractivity contribution in [1.29, 1.82) is 0 Å². The van der Waals surface area contributed by atoms with Gasteiger partial charge in [0, 0.05) is 44.2 Å². The Morgan fingerprint density at radius 2 is 2.16 bits per heavy atom. The molecule has 112 valence electrons. The fourth-order valence-corrected chi connectivity index (χ4v) is 3.24. The van der Waals surface area contributed by atoms with Gasteiger partial charge < -0.3 is 20.3 Å². The maximum absolute atomic E-state index is 5.78. The highest BCUT2D eigenvalue weighted by Crippen LogP contribution is 2.42. The van der Waals surface area contributed by atoms with Gasteiger partial charge in [-0.05, 0) is 32.9 Å². The van der Waals surface area contributed by atoms with E-state index in [1.165, 1.54) is 39.0 Å². The molecule has 19 heavy (non-hydrogen) atoms. The molecule has 0 spiro atoms. The Labute approximate surface area is 118 Å². The van der Waals surface area contributed by atoms with Gasteiger partial charge in [-0.15, -0.1) is 0 Å². The van der Waals surface area contributed by atoms with Crippen molar-refractivity contribution >= 4 is 0 Å². The van der Waals surface area contributed by atoms with Crippen molar-refractivity contribution in [2.45, 2.75) is 45.8 Å². The zero-order valence-corrected chi connectivity index (χ0v) is 12.9. The Bertz CT molecular complexity index is 262. The molecule has 0 aromatic carbocycles. The van der Waals surface area contributed by atoms with Crippen molar-refractivity contribution in [3.63, 3.8) is 0 Å². The average molecular weight is 269 g/mol. The summed E-state index contributed by atoms with van der Waals surface area (Å²) in [7, 11) is 0. The molecule has 2 unspecified atom stereocenters. The topological polar surface area (TPSA) is 36.5 Å². The van der Waals surface area contributed by atoms with Crippen LogP contribution in [0.4, 0.5) is 0 Å². The van der Waals surface area contributed by atoms with Crippen molar-refractivity contribution < 1.29 is 4.74 Å². The van der Waals surface area contributed by atoms with Crippen molar-refractivity contribution in [2.24, 2.45) is 5.41 Å². The smallest absolute Gasteiger partial charge is 0.0655 e. The lowest BCUT2D eigenvalue weighted by atomic mass is 9.64. The molecule has 1 aliphatic heterocycles. The third-order valence-electron chi connectivity index (χ3n) is 4.80. The largest absolute Gasteiger partial charge is 0.378 e. The van der Waals surface area contributed by atoms with Gasteiger partial charge in [-0.1, -0.05) is 13.8 Å². The normalized spacial score (nSPS) is 31.7. The van der Waals surface area contributed by atoms with Crippen LogP contribution in [0.2, 0.25) is 0 Å². The molecule has 1 aliphatic carbocycles. The summed E-state index contributed by atoms with van der Waals surface area (Å²) in [5.41, 5.74) is 0.288. The molecule has 0 aromatic rings. The molecule has 0 aromatic heterocycles. The second-order valence-electron chi connectivity index (χ2n) is 6.45. The van der Waals surface area contributed by atoms with Crippen LogP contribution < -0.4 is 10.6 Å². The quantitative estimate of drug-likeness (QED) is 0.756. The molecule has 2 fully saturated rings. The number of rotatable bonds is 6. The van der Waals surface area contributed by atoms with Crippen LogP contribution in [0.1, 0.15) is 33.6 Å². The lowest BCUT2D eigenvalue weighted by Crippen LogP contribution is -2.61. The van der Waals surface area contributed by atoms with E-state index in [1.54, 1.807) is 0 Å². The first kappa shape index (κ1) is 15.2. The summed E-state index contributed by atoms with van der Waals surface area (Å²) in [4.78, 5) is 2.57. The highest BCUT2D eigenvalue weighted by atomic mass is 16.5. The maximum Gasteiger partial charge on any atom is 0.0655 e. The molecule has 2 N–H and O–H groups in total. The standard InChI is InChI=1S/C15H31N3O/c1-4-19-14-12-13(15(14,2)3)17-8-11-18-9-5-6-16-7-10-18/h13-14,16-17H,4-12H2,1-3H3. The van der Waals surface area contributed by atoms with Crippen LogP contribution in [0.5, 0.6) is 0 Å². The summed E-state index contributed by atoms with van der Waals surface area (Å²) >= 11 is 0. The molecule has 0 radical (unpaired) electrons. The summed E-state index contributed by atoms with van der Waals surface area (Å²) in [6.07, 6.45) is 2.89. The van der Waals surface area contributed by atoms with E-state index in [0.717, 1.165) is 19.7 Å². The summed E-state index contributed by atoms with van der Waals surface area (Å²) < 4.78 is 5.78. The molecular formula is C15H31N3O. The lowest BCUT2D eigenvalue weighted by Gasteiger charge is -2.52. The maximum atomic E-state index is 5.78. The van der Waals surface area contributed by atoms with Crippen LogP contribution in [0.25, 0.3) is 0 Å². The van der Waals surface area contributed by atoms with E-state index in [0.29, 0.717) is 12.1 Å². The van der Waals surface area contributed by atoms with Crippen LogP contribution >= 0.6 is 0 Å². The van der Waals surface area contributed by atoms with E-state index in [-0.39, 0.29) is 5.41 Å². The third kappa shape index (κ3) is 3.91. The van der Waals surface area contributed by atoms with Crippen LogP contribution in [0.3, 0.4) is 0 Å². The Morgan fingerprint density at radius 1 is 1.32 bits per heavy atom. The van der Waals surface area contributed by atoms with Crippen molar-refractivity contribution in [3.05, 3.63) is 0 Å². The summed E-state index contributed by atoms with van der Waals surface area (Å²) in [5, 5.41) is 7.18. The van der Waals surface area contributed by atoms with Gasteiger partial charge in [-0.3, -0.25) is 0 Å². The highest BCUT2D eigenvalue weighted by molar-refractivity contribution is 5.02. The zero-order valence-electron chi connectivity index (χ0n) is 12.9. The summed E-state index contributed by atoms with van der Waals surface area (Å²) in [6, 6.07) is 0.620. The van der Waals surface area contributed by atoms with Crippen molar-refractivity contribution in [1.82, 2.24) is 15.5 Å². The van der Waals surface area contributed by atoms with Crippen molar-refractivity contribution in [2.75, 3.05) is 45.9 Å². The zero-order chi connectivity index (χ0) is 13.7. The Balaban J connectivity index is 1.63. The first-order chi connectivity index (χ1) is 9.14. The molecule has 1 saturated heterocycles. The Morgan fingerprint density at radius 3 is 2.89 bits per heavy atom. The molecular weight excluding hydrogens is 238 g/mol. The molecule has 0 bridgehead atoms. The van der Waals surface area contributed by atoms with Gasteiger partial charge in [-0.2, -0.15) is 0 Å². The minimum atomic E-state index is 0.288. The number of hydrogen-bond donors (Lipinski definition) is 2. The first-order valence-electron chi connectivity index (χ1n) is 7.92. The second-order valence-corrected chi connectivity index (χ2v) is 6.45. The third-order valence-corrected chi connectivity index (χ3v) is 4.80. The molecule has 0 amide bonds.